The van der Waals surface area contributed by atoms with E-state index in [1.807, 2.05) is 24.3 Å². The fourth-order valence-corrected chi connectivity index (χ4v) is 8.46. The maximum Gasteiger partial charge on any atom is 0.164 e. The summed E-state index contributed by atoms with van der Waals surface area (Å²) in [4.78, 5) is 15.6. The van der Waals surface area contributed by atoms with Crippen molar-refractivity contribution >= 4 is 32.3 Å². The predicted molar refractivity (Wildman–Crippen MR) is 244 cm³/mol. The summed E-state index contributed by atoms with van der Waals surface area (Å²) < 4.78 is 0. The lowest BCUT2D eigenvalue weighted by atomic mass is 9.83. The first kappa shape index (κ1) is 35.2. The van der Waals surface area contributed by atoms with Gasteiger partial charge in [-0.1, -0.05) is 209 Å². The first-order valence-corrected chi connectivity index (χ1v) is 20.0. The minimum absolute atomic E-state index is 0.0817. The molecule has 0 saturated carbocycles. The first-order chi connectivity index (χ1) is 28.4. The second kappa shape index (κ2) is 14.4. The summed E-state index contributed by atoms with van der Waals surface area (Å²) >= 11 is 0. The van der Waals surface area contributed by atoms with Crippen molar-refractivity contribution in [2.75, 3.05) is 0 Å². The quantitative estimate of drug-likeness (QED) is 0.159. The van der Waals surface area contributed by atoms with Crippen molar-refractivity contribution in [3.8, 4) is 67.5 Å². The molecule has 3 heteroatoms. The third-order valence-electron chi connectivity index (χ3n) is 11.3. The summed E-state index contributed by atoms with van der Waals surface area (Å²) in [6, 6.07) is 69.1. The Bertz CT molecular complexity index is 3070. The molecule has 0 aliphatic rings. The van der Waals surface area contributed by atoms with E-state index >= 15 is 0 Å². The normalized spacial score (nSPS) is 11.7. The molecule has 58 heavy (non-hydrogen) atoms. The van der Waals surface area contributed by atoms with E-state index in [0.29, 0.717) is 17.5 Å². The largest absolute Gasteiger partial charge is 0.208 e. The highest BCUT2D eigenvalue weighted by Gasteiger charge is 2.22. The van der Waals surface area contributed by atoms with Gasteiger partial charge in [-0.25, -0.2) is 15.0 Å². The second-order valence-electron chi connectivity index (χ2n) is 16.0. The van der Waals surface area contributed by atoms with Crippen molar-refractivity contribution in [2.24, 2.45) is 0 Å². The Labute approximate surface area is 339 Å². The van der Waals surface area contributed by atoms with Crippen LogP contribution in [0.25, 0.3) is 99.9 Å². The number of nitrogens with zero attached hydrogens (tertiary/aromatic N) is 3. The van der Waals surface area contributed by atoms with Gasteiger partial charge in [-0.05, 0) is 82.7 Å². The van der Waals surface area contributed by atoms with Crippen molar-refractivity contribution in [3.63, 3.8) is 0 Å². The summed E-state index contributed by atoms with van der Waals surface area (Å²) in [7, 11) is 0. The van der Waals surface area contributed by atoms with Crippen molar-refractivity contribution in [2.45, 2.75) is 26.2 Å². The molecule has 0 bridgehead atoms. The minimum Gasteiger partial charge on any atom is -0.208 e. The van der Waals surface area contributed by atoms with E-state index in [9.17, 15) is 0 Å². The van der Waals surface area contributed by atoms with E-state index in [4.69, 9.17) is 15.0 Å². The molecule has 9 aromatic carbocycles. The lowest BCUT2D eigenvalue weighted by Crippen LogP contribution is -2.10. The Morgan fingerprint density at radius 1 is 0.276 bits per heavy atom. The van der Waals surface area contributed by atoms with Crippen LogP contribution in [0.4, 0.5) is 0 Å². The molecule has 0 aliphatic heterocycles. The van der Waals surface area contributed by atoms with Crippen molar-refractivity contribution in [1.82, 2.24) is 15.0 Å². The van der Waals surface area contributed by atoms with E-state index < -0.39 is 0 Å². The maximum absolute atomic E-state index is 5.28. The van der Waals surface area contributed by atoms with Crippen molar-refractivity contribution < 1.29 is 0 Å². The zero-order chi connectivity index (χ0) is 39.2. The van der Waals surface area contributed by atoms with E-state index in [2.05, 4.69) is 191 Å². The van der Waals surface area contributed by atoms with E-state index in [1.54, 1.807) is 0 Å². The van der Waals surface area contributed by atoms with Crippen LogP contribution in [0, 0.1) is 0 Å². The number of hydrogen-bond donors (Lipinski definition) is 0. The maximum atomic E-state index is 5.28. The lowest BCUT2D eigenvalue weighted by molar-refractivity contribution is 0.590. The SMILES string of the molecule is CC(C)(C)c1ccc(-c2c3ccccc3c(-c3ccc(-c4nc(-c5ccccc5)nc(-c5ccccc5-c5ccccc5)n4)c4ccccc34)c3ccccc23)cc1. The standard InChI is InChI=1S/C55H41N3/c1-55(2,3)39-32-30-37(31-33-39)50-43-25-13-15-27-45(43)51(46-28-16-14-26-44(46)50)47-34-35-49(42-24-12-11-23-41(42)47)54-57-52(38-20-8-5-9-21-38)56-53(58-54)48-29-17-10-22-40(48)36-18-6-4-7-19-36/h4-35H,1-3H3. The Hall–Kier alpha value is -7.23. The van der Waals surface area contributed by atoms with Crippen LogP contribution in [0.1, 0.15) is 26.3 Å². The van der Waals surface area contributed by atoms with Gasteiger partial charge in [0, 0.05) is 16.7 Å². The molecule has 0 radical (unpaired) electrons. The summed E-state index contributed by atoms with van der Waals surface area (Å²) in [5.74, 6) is 1.91. The number of hydrogen-bond acceptors (Lipinski definition) is 3. The van der Waals surface area contributed by atoms with Gasteiger partial charge in [0.25, 0.3) is 0 Å². The molecule has 0 N–H and O–H groups in total. The zero-order valence-electron chi connectivity index (χ0n) is 32.8. The van der Waals surface area contributed by atoms with Gasteiger partial charge in [-0.15, -0.1) is 0 Å². The topological polar surface area (TPSA) is 38.7 Å². The number of aromatic nitrogens is 3. The molecular formula is C55H41N3. The van der Waals surface area contributed by atoms with Gasteiger partial charge in [0.05, 0.1) is 0 Å². The lowest BCUT2D eigenvalue weighted by Gasteiger charge is -2.21. The molecule has 1 aromatic heterocycles. The first-order valence-electron chi connectivity index (χ1n) is 20.0. The monoisotopic (exact) mass is 743 g/mol. The Morgan fingerprint density at radius 3 is 1.26 bits per heavy atom. The molecule has 0 fully saturated rings. The van der Waals surface area contributed by atoms with Crippen LogP contribution in [0.3, 0.4) is 0 Å². The third-order valence-corrected chi connectivity index (χ3v) is 11.3. The molecule has 10 aromatic rings. The average Bonchev–Trinajstić information content (AvgIpc) is 3.28. The number of benzene rings is 9. The van der Waals surface area contributed by atoms with Crippen LogP contribution >= 0.6 is 0 Å². The highest BCUT2D eigenvalue weighted by atomic mass is 15.0. The Kier molecular flexibility index (Phi) is 8.72. The van der Waals surface area contributed by atoms with Crippen LogP contribution in [0.15, 0.2) is 194 Å². The Balaban J connectivity index is 1.20. The predicted octanol–water partition coefficient (Wildman–Crippen LogP) is 14.6. The van der Waals surface area contributed by atoms with Crippen LogP contribution < -0.4 is 0 Å². The van der Waals surface area contributed by atoms with Crippen molar-refractivity contribution in [3.05, 3.63) is 200 Å². The van der Waals surface area contributed by atoms with Gasteiger partial charge in [0.2, 0.25) is 0 Å². The molecule has 3 nitrogen and oxygen atoms in total. The van der Waals surface area contributed by atoms with Crippen LogP contribution in [-0.4, -0.2) is 15.0 Å². The molecule has 0 spiro atoms. The molecule has 0 amide bonds. The van der Waals surface area contributed by atoms with Gasteiger partial charge < -0.3 is 0 Å². The zero-order valence-corrected chi connectivity index (χ0v) is 32.8. The summed E-state index contributed by atoms with van der Waals surface area (Å²) in [5.41, 5.74) is 11.3. The molecule has 0 unspecified atom stereocenters. The van der Waals surface area contributed by atoms with Gasteiger partial charge in [0.1, 0.15) is 0 Å². The van der Waals surface area contributed by atoms with Crippen LogP contribution in [0.2, 0.25) is 0 Å². The highest BCUT2D eigenvalue weighted by molar-refractivity contribution is 6.24. The molecule has 0 atom stereocenters. The molecule has 276 valence electrons. The van der Waals surface area contributed by atoms with Gasteiger partial charge in [0.15, 0.2) is 17.5 Å². The van der Waals surface area contributed by atoms with E-state index in [-0.39, 0.29) is 5.41 Å². The molecular weight excluding hydrogens is 703 g/mol. The van der Waals surface area contributed by atoms with Gasteiger partial charge >= 0.3 is 0 Å². The fourth-order valence-electron chi connectivity index (χ4n) is 8.46. The summed E-state index contributed by atoms with van der Waals surface area (Å²) in [6.45, 7) is 6.80. The molecule has 10 rings (SSSR count). The second-order valence-corrected chi connectivity index (χ2v) is 16.0. The summed E-state index contributed by atoms with van der Waals surface area (Å²) in [6.07, 6.45) is 0. The number of fused-ring (bicyclic) bond motifs is 3. The number of rotatable bonds is 6. The van der Waals surface area contributed by atoms with E-state index in [0.717, 1.165) is 38.6 Å². The van der Waals surface area contributed by atoms with Gasteiger partial charge in [-0.2, -0.15) is 0 Å². The smallest absolute Gasteiger partial charge is 0.164 e. The van der Waals surface area contributed by atoms with E-state index in [1.165, 1.54) is 49.4 Å². The highest BCUT2D eigenvalue weighted by Crippen LogP contribution is 2.46. The third kappa shape index (κ3) is 6.22. The van der Waals surface area contributed by atoms with Crippen molar-refractivity contribution in [1.29, 1.82) is 0 Å². The molecule has 1 heterocycles. The average molecular weight is 744 g/mol. The Morgan fingerprint density at radius 2 is 0.690 bits per heavy atom. The van der Waals surface area contributed by atoms with Gasteiger partial charge in [-0.3, -0.25) is 0 Å². The summed E-state index contributed by atoms with van der Waals surface area (Å²) in [5, 5.41) is 7.15. The molecule has 0 aliphatic carbocycles. The van der Waals surface area contributed by atoms with Crippen LogP contribution in [-0.2, 0) is 5.41 Å². The minimum atomic E-state index is 0.0817. The molecule has 0 saturated heterocycles. The fraction of sp³-hybridized carbons (Fsp3) is 0.0727. The van der Waals surface area contributed by atoms with Crippen LogP contribution in [0.5, 0.6) is 0 Å².